The number of halogens is 3. The number of rotatable bonds is 5. The van der Waals surface area contributed by atoms with Crippen molar-refractivity contribution in [1.29, 1.82) is 0 Å². The summed E-state index contributed by atoms with van der Waals surface area (Å²) in [7, 11) is 0. The molecule has 0 aliphatic carbocycles. The number of hydrogen-bond acceptors (Lipinski definition) is 4. The van der Waals surface area contributed by atoms with E-state index in [0.717, 1.165) is 17.7 Å². The van der Waals surface area contributed by atoms with Gasteiger partial charge >= 0.3 is 6.18 Å². The van der Waals surface area contributed by atoms with Crippen LogP contribution in [0.3, 0.4) is 0 Å². The van der Waals surface area contributed by atoms with Gasteiger partial charge in [0.1, 0.15) is 11.4 Å². The van der Waals surface area contributed by atoms with Crippen molar-refractivity contribution in [2.45, 2.75) is 12.7 Å². The first-order chi connectivity index (χ1) is 11.9. The number of hydrogen-bond donors (Lipinski definition) is 2. The fourth-order valence-corrected chi connectivity index (χ4v) is 2.35. The number of alkyl halides is 3. The van der Waals surface area contributed by atoms with Crippen LogP contribution in [0.1, 0.15) is 11.1 Å². The lowest BCUT2D eigenvalue weighted by Gasteiger charge is -2.15. The van der Waals surface area contributed by atoms with Gasteiger partial charge in [-0.05, 0) is 29.8 Å². The van der Waals surface area contributed by atoms with Gasteiger partial charge in [0.05, 0.1) is 5.56 Å². The van der Waals surface area contributed by atoms with Crippen molar-refractivity contribution >= 4 is 17.1 Å². The van der Waals surface area contributed by atoms with Crippen LogP contribution >= 0.6 is 0 Å². The Morgan fingerprint density at radius 3 is 2.00 bits per heavy atom. The Balaban J connectivity index is 1.74. The molecule has 0 aliphatic rings. The summed E-state index contributed by atoms with van der Waals surface area (Å²) in [6.45, 7) is 0.355. The average molecular weight is 346 g/mol. The minimum Gasteiger partial charge on any atom is -0.376 e. The fraction of sp³-hybridized carbons (Fsp3) is 0.111. The normalized spacial score (nSPS) is 11.5. The monoisotopic (exact) mass is 346 g/mol. The second-order valence-electron chi connectivity index (χ2n) is 5.45. The highest BCUT2D eigenvalue weighted by Crippen LogP contribution is 2.30. The van der Waals surface area contributed by atoms with Crippen LogP contribution < -0.4 is 21.5 Å². The third-order valence-electron chi connectivity index (χ3n) is 3.70. The predicted molar refractivity (Wildman–Crippen MR) is 89.8 cm³/mol. The molecule has 0 heterocycles. The highest BCUT2D eigenvalue weighted by atomic mass is 19.4. The third-order valence-corrected chi connectivity index (χ3v) is 3.70. The van der Waals surface area contributed by atoms with E-state index in [1.807, 2.05) is 30.3 Å². The summed E-state index contributed by atoms with van der Waals surface area (Å²) in [5.41, 5.74) is -0.723. The molecular formula is C18H13F3N2O2. The van der Waals surface area contributed by atoms with E-state index in [9.17, 15) is 22.8 Å². The van der Waals surface area contributed by atoms with Crippen molar-refractivity contribution in [3.63, 3.8) is 0 Å². The molecule has 0 saturated carbocycles. The minimum absolute atomic E-state index is 0.0562. The van der Waals surface area contributed by atoms with Crippen LogP contribution in [0.4, 0.5) is 30.2 Å². The molecule has 0 aromatic heterocycles. The van der Waals surface area contributed by atoms with E-state index in [1.54, 1.807) is 0 Å². The fourth-order valence-electron chi connectivity index (χ4n) is 2.35. The van der Waals surface area contributed by atoms with E-state index >= 15 is 0 Å². The Morgan fingerprint density at radius 1 is 0.800 bits per heavy atom. The van der Waals surface area contributed by atoms with Crippen molar-refractivity contribution in [3.8, 4) is 0 Å². The van der Waals surface area contributed by atoms with Gasteiger partial charge in [-0.25, -0.2) is 0 Å². The standard InChI is InChI=1S/C18H13F3N2O2/c19-18(20,21)12-6-8-13(9-7-12)23-15-14(16(24)17(15)25)22-10-11-4-2-1-3-5-11/h1-9,22-23H,10H2. The van der Waals surface area contributed by atoms with Crippen molar-refractivity contribution in [2.24, 2.45) is 0 Å². The second kappa shape index (κ2) is 6.43. The number of nitrogens with one attached hydrogen (secondary N) is 2. The Bertz CT molecular complexity index is 941. The van der Waals surface area contributed by atoms with Crippen LogP contribution in [0.2, 0.25) is 0 Å². The summed E-state index contributed by atoms with van der Waals surface area (Å²) in [5.74, 6) is 0. The summed E-state index contributed by atoms with van der Waals surface area (Å²) in [5, 5.41) is 5.59. The second-order valence-corrected chi connectivity index (χ2v) is 5.45. The lowest BCUT2D eigenvalue weighted by Crippen LogP contribution is -2.36. The van der Waals surface area contributed by atoms with E-state index in [-0.39, 0.29) is 11.4 Å². The molecule has 2 N–H and O–H groups in total. The van der Waals surface area contributed by atoms with E-state index in [0.29, 0.717) is 12.2 Å². The number of benzene rings is 2. The first-order valence-electron chi connectivity index (χ1n) is 7.41. The van der Waals surface area contributed by atoms with Crippen LogP contribution in [-0.2, 0) is 12.7 Å². The summed E-state index contributed by atoms with van der Waals surface area (Å²) in [6.07, 6.45) is -4.43. The number of anilines is 3. The highest BCUT2D eigenvalue weighted by molar-refractivity contribution is 5.78. The topological polar surface area (TPSA) is 58.2 Å². The van der Waals surface area contributed by atoms with Gasteiger partial charge in [-0.1, -0.05) is 30.3 Å². The molecule has 7 heteroatoms. The highest BCUT2D eigenvalue weighted by Gasteiger charge is 2.30. The molecule has 0 aliphatic heterocycles. The van der Waals surface area contributed by atoms with Gasteiger partial charge in [0.15, 0.2) is 0 Å². The summed E-state index contributed by atoms with van der Waals surface area (Å²) in [4.78, 5) is 23.4. The minimum atomic E-state index is -4.43. The van der Waals surface area contributed by atoms with Crippen LogP contribution in [0.25, 0.3) is 0 Å². The van der Waals surface area contributed by atoms with Gasteiger partial charge in [-0.2, -0.15) is 13.2 Å². The lowest BCUT2D eigenvalue weighted by atomic mass is 10.1. The summed E-state index contributed by atoms with van der Waals surface area (Å²) in [6, 6.07) is 13.5. The maximum atomic E-state index is 12.6. The first-order valence-corrected chi connectivity index (χ1v) is 7.41. The van der Waals surface area contributed by atoms with E-state index in [4.69, 9.17) is 0 Å². The molecule has 0 atom stereocenters. The van der Waals surface area contributed by atoms with Crippen molar-refractivity contribution < 1.29 is 13.2 Å². The zero-order valence-electron chi connectivity index (χ0n) is 12.9. The molecule has 3 aromatic rings. The van der Waals surface area contributed by atoms with Gasteiger partial charge < -0.3 is 10.6 Å². The molecular weight excluding hydrogens is 333 g/mol. The quantitative estimate of drug-likeness (QED) is 0.693. The Hall–Kier alpha value is -3.09. The zero-order chi connectivity index (χ0) is 18.0. The van der Waals surface area contributed by atoms with Crippen LogP contribution in [0.15, 0.2) is 64.2 Å². The SMILES string of the molecule is O=c1c(NCc2ccccc2)c(Nc2ccc(C(F)(F)F)cc2)c1=O. The molecule has 3 rings (SSSR count). The molecule has 0 spiro atoms. The van der Waals surface area contributed by atoms with Gasteiger partial charge in [-0.15, -0.1) is 0 Å². The molecule has 3 aromatic carbocycles. The molecule has 25 heavy (non-hydrogen) atoms. The molecule has 128 valence electrons. The largest absolute Gasteiger partial charge is 0.416 e. The van der Waals surface area contributed by atoms with Crippen molar-refractivity contribution in [3.05, 3.63) is 86.2 Å². The molecule has 0 unspecified atom stereocenters. The van der Waals surface area contributed by atoms with E-state index in [2.05, 4.69) is 10.6 Å². The van der Waals surface area contributed by atoms with Crippen LogP contribution in [0.5, 0.6) is 0 Å². The van der Waals surface area contributed by atoms with Gasteiger partial charge in [-0.3, -0.25) is 9.59 Å². The molecule has 4 nitrogen and oxygen atoms in total. The van der Waals surface area contributed by atoms with Crippen LogP contribution in [0, 0.1) is 0 Å². The zero-order valence-corrected chi connectivity index (χ0v) is 12.9. The van der Waals surface area contributed by atoms with Gasteiger partial charge in [0.25, 0.3) is 10.9 Å². The molecule has 0 saturated heterocycles. The lowest BCUT2D eigenvalue weighted by molar-refractivity contribution is -0.137. The Kier molecular flexibility index (Phi) is 4.31. The maximum Gasteiger partial charge on any atom is 0.416 e. The van der Waals surface area contributed by atoms with Gasteiger partial charge in [0, 0.05) is 12.2 Å². The molecule has 0 radical (unpaired) electrons. The van der Waals surface area contributed by atoms with E-state index in [1.165, 1.54) is 12.1 Å². The Labute approximate surface area is 140 Å². The van der Waals surface area contributed by atoms with Gasteiger partial charge in [0.2, 0.25) is 0 Å². The predicted octanol–water partition coefficient (Wildman–Crippen LogP) is 3.66. The molecule has 0 amide bonds. The first kappa shape index (κ1) is 16.8. The summed E-state index contributed by atoms with van der Waals surface area (Å²) < 4.78 is 37.7. The summed E-state index contributed by atoms with van der Waals surface area (Å²) >= 11 is 0. The average Bonchev–Trinajstić information content (AvgIpc) is 2.61. The molecule has 0 fully saturated rings. The third kappa shape index (κ3) is 3.55. The van der Waals surface area contributed by atoms with Crippen molar-refractivity contribution in [2.75, 3.05) is 10.6 Å². The van der Waals surface area contributed by atoms with E-state index < -0.39 is 22.6 Å². The molecule has 0 bridgehead atoms. The van der Waals surface area contributed by atoms with Crippen molar-refractivity contribution in [1.82, 2.24) is 0 Å². The maximum absolute atomic E-state index is 12.6. The smallest absolute Gasteiger partial charge is 0.376 e. The van der Waals surface area contributed by atoms with Crippen LogP contribution in [-0.4, -0.2) is 0 Å². The Morgan fingerprint density at radius 2 is 1.40 bits per heavy atom.